The summed E-state index contributed by atoms with van der Waals surface area (Å²) in [6, 6.07) is 72.7. The van der Waals surface area contributed by atoms with Gasteiger partial charge in [-0.1, -0.05) is 133 Å². The fourth-order valence-electron chi connectivity index (χ4n) is 7.02. The Morgan fingerprint density at radius 1 is 0.294 bits per heavy atom. The smallest absolute Gasteiger partial charge is 0.143 e. The quantitative estimate of drug-likeness (QED) is 0.163. The average Bonchev–Trinajstić information content (AvgIpc) is 3.59. The number of fused-ring (bicyclic) bond motifs is 3. The first-order valence-corrected chi connectivity index (χ1v) is 17.3. The molecular formula is C48H34N2O. The standard InChI is InChI=1S/C48H34N2O/c1-4-14-35(15-5-1)36-26-30-40(31-27-36)50(43-21-12-20-42(34-43)49(38-16-6-2-7-17-38)39-18-8-3-9-19-39)41-32-28-37(29-33-41)44-23-13-24-46-45-22-10-11-25-47(45)51-48(44)46/h1-34H. The molecule has 0 amide bonds. The van der Waals surface area contributed by atoms with Gasteiger partial charge in [-0.05, 0) is 89.5 Å². The van der Waals surface area contributed by atoms with Gasteiger partial charge in [-0.15, -0.1) is 0 Å². The summed E-state index contributed by atoms with van der Waals surface area (Å²) in [5.41, 5.74) is 12.9. The molecule has 3 heteroatoms. The van der Waals surface area contributed by atoms with Gasteiger partial charge in [-0.2, -0.15) is 0 Å². The van der Waals surface area contributed by atoms with E-state index in [1.807, 2.05) is 12.1 Å². The summed E-state index contributed by atoms with van der Waals surface area (Å²) in [5.74, 6) is 0. The Labute approximate surface area is 297 Å². The molecule has 9 aromatic rings. The number of anilines is 6. The van der Waals surface area contributed by atoms with Crippen LogP contribution in [-0.4, -0.2) is 0 Å². The Hall–Kier alpha value is -6.84. The van der Waals surface area contributed by atoms with Crippen molar-refractivity contribution in [2.24, 2.45) is 0 Å². The fourth-order valence-corrected chi connectivity index (χ4v) is 7.02. The highest BCUT2D eigenvalue weighted by Gasteiger charge is 2.18. The zero-order chi connectivity index (χ0) is 34.0. The lowest BCUT2D eigenvalue weighted by Crippen LogP contribution is -2.13. The number of furan rings is 1. The van der Waals surface area contributed by atoms with Crippen molar-refractivity contribution >= 4 is 56.1 Å². The molecule has 0 aliphatic heterocycles. The first-order valence-electron chi connectivity index (χ1n) is 17.3. The summed E-state index contributed by atoms with van der Waals surface area (Å²) in [7, 11) is 0. The second-order valence-corrected chi connectivity index (χ2v) is 12.6. The van der Waals surface area contributed by atoms with Crippen molar-refractivity contribution < 1.29 is 4.42 Å². The van der Waals surface area contributed by atoms with Crippen LogP contribution in [0.2, 0.25) is 0 Å². The van der Waals surface area contributed by atoms with E-state index >= 15 is 0 Å². The molecule has 3 nitrogen and oxygen atoms in total. The van der Waals surface area contributed by atoms with Crippen LogP contribution in [-0.2, 0) is 0 Å². The molecule has 0 aliphatic rings. The predicted octanol–water partition coefficient (Wildman–Crippen LogP) is 13.9. The van der Waals surface area contributed by atoms with Crippen LogP contribution in [0.5, 0.6) is 0 Å². The molecule has 0 unspecified atom stereocenters. The minimum atomic E-state index is 0.904. The Morgan fingerprint density at radius 2 is 0.725 bits per heavy atom. The maximum atomic E-state index is 6.40. The molecule has 0 spiro atoms. The third-order valence-corrected chi connectivity index (χ3v) is 9.45. The van der Waals surface area contributed by atoms with Gasteiger partial charge >= 0.3 is 0 Å². The van der Waals surface area contributed by atoms with E-state index in [9.17, 15) is 0 Å². The molecule has 242 valence electrons. The summed E-state index contributed by atoms with van der Waals surface area (Å²) in [4.78, 5) is 4.63. The number of para-hydroxylation sites is 4. The third kappa shape index (κ3) is 5.81. The van der Waals surface area contributed by atoms with Gasteiger partial charge < -0.3 is 14.2 Å². The molecule has 51 heavy (non-hydrogen) atoms. The topological polar surface area (TPSA) is 19.6 Å². The lowest BCUT2D eigenvalue weighted by molar-refractivity contribution is 0.670. The minimum absolute atomic E-state index is 0.904. The molecule has 1 aromatic heterocycles. The fraction of sp³-hybridized carbons (Fsp3) is 0. The van der Waals surface area contributed by atoms with Crippen molar-refractivity contribution in [3.05, 3.63) is 206 Å². The molecule has 0 bridgehead atoms. The van der Waals surface area contributed by atoms with Gasteiger partial charge in [0.15, 0.2) is 0 Å². The first-order chi connectivity index (χ1) is 25.3. The highest BCUT2D eigenvalue weighted by atomic mass is 16.3. The summed E-state index contributed by atoms with van der Waals surface area (Å²) < 4.78 is 6.40. The van der Waals surface area contributed by atoms with Crippen molar-refractivity contribution in [1.82, 2.24) is 0 Å². The van der Waals surface area contributed by atoms with Crippen LogP contribution in [0.1, 0.15) is 0 Å². The van der Waals surface area contributed by atoms with Crippen molar-refractivity contribution in [1.29, 1.82) is 0 Å². The minimum Gasteiger partial charge on any atom is -0.455 e. The Bertz CT molecular complexity index is 2520. The molecular weight excluding hydrogens is 621 g/mol. The number of hydrogen-bond donors (Lipinski definition) is 0. The Morgan fingerprint density at radius 3 is 1.33 bits per heavy atom. The molecule has 9 rings (SSSR count). The van der Waals surface area contributed by atoms with Crippen molar-refractivity contribution in [3.63, 3.8) is 0 Å². The monoisotopic (exact) mass is 654 g/mol. The number of rotatable bonds is 8. The molecule has 8 aromatic carbocycles. The second kappa shape index (κ2) is 13.2. The summed E-state index contributed by atoms with van der Waals surface area (Å²) in [5, 5.41) is 2.27. The maximum absolute atomic E-state index is 6.40. The van der Waals surface area contributed by atoms with E-state index in [2.05, 4.69) is 204 Å². The zero-order valence-corrected chi connectivity index (χ0v) is 27.9. The average molecular weight is 655 g/mol. The normalized spacial score (nSPS) is 11.1. The van der Waals surface area contributed by atoms with Crippen LogP contribution in [0.15, 0.2) is 211 Å². The molecule has 1 heterocycles. The largest absolute Gasteiger partial charge is 0.455 e. The van der Waals surface area contributed by atoms with Crippen LogP contribution >= 0.6 is 0 Å². The predicted molar refractivity (Wildman–Crippen MR) is 214 cm³/mol. The number of nitrogens with zero attached hydrogens (tertiary/aromatic N) is 2. The van der Waals surface area contributed by atoms with E-state index in [-0.39, 0.29) is 0 Å². The van der Waals surface area contributed by atoms with Crippen molar-refractivity contribution in [3.8, 4) is 22.3 Å². The van der Waals surface area contributed by atoms with Crippen molar-refractivity contribution in [2.75, 3.05) is 9.80 Å². The van der Waals surface area contributed by atoms with Gasteiger partial charge in [0.1, 0.15) is 11.2 Å². The van der Waals surface area contributed by atoms with E-state index in [0.717, 1.165) is 67.2 Å². The lowest BCUT2D eigenvalue weighted by Gasteiger charge is -2.29. The SMILES string of the molecule is c1ccc(-c2ccc(N(c3ccc(-c4cccc5c4oc4ccccc45)cc3)c3cccc(N(c4ccccc4)c4ccccc4)c3)cc2)cc1. The van der Waals surface area contributed by atoms with Crippen LogP contribution < -0.4 is 9.80 Å². The molecule has 0 N–H and O–H groups in total. The van der Waals surface area contributed by atoms with Crippen LogP contribution in [0.25, 0.3) is 44.2 Å². The van der Waals surface area contributed by atoms with E-state index in [1.54, 1.807) is 0 Å². The van der Waals surface area contributed by atoms with Gasteiger partial charge in [0, 0.05) is 50.5 Å². The number of benzene rings is 8. The van der Waals surface area contributed by atoms with Gasteiger partial charge in [0.2, 0.25) is 0 Å². The molecule has 0 saturated carbocycles. The highest BCUT2D eigenvalue weighted by Crippen LogP contribution is 2.42. The lowest BCUT2D eigenvalue weighted by atomic mass is 10.0. The molecule has 0 aliphatic carbocycles. The summed E-state index contributed by atoms with van der Waals surface area (Å²) in [6.45, 7) is 0. The summed E-state index contributed by atoms with van der Waals surface area (Å²) in [6.07, 6.45) is 0. The highest BCUT2D eigenvalue weighted by molar-refractivity contribution is 6.09. The van der Waals surface area contributed by atoms with Gasteiger partial charge in [-0.25, -0.2) is 0 Å². The molecule has 0 fully saturated rings. The maximum Gasteiger partial charge on any atom is 0.143 e. The third-order valence-electron chi connectivity index (χ3n) is 9.45. The number of hydrogen-bond acceptors (Lipinski definition) is 3. The molecule has 0 radical (unpaired) electrons. The summed E-state index contributed by atoms with van der Waals surface area (Å²) >= 11 is 0. The van der Waals surface area contributed by atoms with Crippen molar-refractivity contribution in [2.45, 2.75) is 0 Å². The molecule has 0 atom stereocenters. The Kier molecular flexibility index (Phi) is 7.84. The van der Waals surface area contributed by atoms with Crippen LogP contribution in [0.4, 0.5) is 34.1 Å². The van der Waals surface area contributed by atoms with Gasteiger partial charge in [-0.3, -0.25) is 0 Å². The second-order valence-electron chi connectivity index (χ2n) is 12.6. The zero-order valence-electron chi connectivity index (χ0n) is 27.9. The van der Waals surface area contributed by atoms with E-state index < -0.39 is 0 Å². The van der Waals surface area contributed by atoms with Crippen LogP contribution in [0, 0.1) is 0 Å². The first kappa shape index (κ1) is 30.2. The van der Waals surface area contributed by atoms with E-state index in [1.165, 1.54) is 11.1 Å². The van der Waals surface area contributed by atoms with Crippen LogP contribution in [0.3, 0.4) is 0 Å². The Balaban J connectivity index is 1.16. The van der Waals surface area contributed by atoms with Gasteiger partial charge in [0.05, 0.1) is 0 Å². The molecule has 0 saturated heterocycles. The van der Waals surface area contributed by atoms with E-state index in [0.29, 0.717) is 0 Å². The van der Waals surface area contributed by atoms with E-state index in [4.69, 9.17) is 4.42 Å². The van der Waals surface area contributed by atoms with Gasteiger partial charge in [0.25, 0.3) is 0 Å².